The fourth-order valence-electron chi connectivity index (χ4n) is 2.08. The highest BCUT2D eigenvalue weighted by Crippen LogP contribution is 2.23. The number of hydrogen-bond acceptors (Lipinski definition) is 3. The van der Waals surface area contributed by atoms with E-state index in [1.54, 1.807) is 30.8 Å². The zero-order valence-corrected chi connectivity index (χ0v) is 13.2. The van der Waals surface area contributed by atoms with Gasteiger partial charge in [-0.2, -0.15) is 5.10 Å². The molecule has 2 rings (SSSR count). The number of hydrogen-bond donors (Lipinski definition) is 1. The molecule has 112 valence electrons. The Kier molecular flexibility index (Phi) is 4.53. The number of amides is 1. The lowest BCUT2D eigenvalue weighted by Gasteiger charge is -2.15. The molecule has 0 bridgehead atoms. The molecule has 1 N–H and O–H groups in total. The van der Waals surface area contributed by atoms with Gasteiger partial charge in [-0.05, 0) is 32.9 Å². The van der Waals surface area contributed by atoms with E-state index >= 15 is 0 Å². The second-order valence-corrected chi connectivity index (χ2v) is 5.20. The van der Waals surface area contributed by atoms with Crippen molar-refractivity contribution in [2.45, 2.75) is 26.8 Å². The summed E-state index contributed by atoms with van der Waals surface area (Å²) in [5.41, 5.74) is 2.18. The van der Waals surface area contributed by atoms with E-state index in [2.05, 4.69) is 10.4 Å². The van der Waals surface area contributed by atoms with Crippen LogP contribution in [0, 0.1) is 13.8 Å². The monoisotopic (exact) mass is 307 g/mol. The van der Waals surface area contributed by atoms with Gasteiger partial charge in [0, 0.05) is 11.8 Å². The summed E-state index contributed by atoms with van der Waals surface area (Å²) >= 11 is 6.12. The van der Waals surface area contributed by atoms with E-state index in [4.69, 9.17) is 16.3 Å². The third kappa shape index (κ3) is 3.19. The molecule has 0 fully saturated rings. The van der Waals surface area contributed by atoms with Crippen LogP contribution in [0.5, 0.6) is 5.75 Å². The molecule has 2 aromatic rings. The Labute approximate surface area is 128 Å². The van der Waals surface area contributed by atoms with E-state index in [1.807, 2.05) is 26.0 Å². The van der Waals surface area contributed by atoms with Crippen molar-refractivity contribution < 1.29 is 9.53 Å². The smallest absolute Gasteiger partial charge is 0.248 e. The summed E-state index contributed by atoms with van der Waals surface area (Å²) in [6.45, 7) is 5.45. The summed E-state index contributed by atoms with van der Waals surface area (Å²) in [6.07, 6.45) is 0. The first-order valence-electron chi connectivity index (χ1n) is 6.60. The van der Waals surface area contributed by atoms with Crippen LogP contribution in [-0.2, 0) is 4.79 Å². The van der Waals surface area contributed by atoms with Crippen molar-refractivity contribution in [3.05, 3.63) is 40.7 Å². The van der Waals surface area contributed by atoms with Gasteiger partial charge in [0.2, 0.25) is 5.91 Å². The molecule has 1 aromatic heterocycles. The molecule has 0 saturated carbocycles. The number of nitrogens with one attached hydrogen (secondary N) is 1. The number of rotatable bonds is 4. The SMILES string of the molecule is COc1cccc(NC(=O)C(C)n2nc(C)c(Cl)c2C)c1. The number of carbonyl (C=O) groups excluding carboxylic acids is 1. The molecule has 0 radical (unpaired) electrons. The Morgan fingerprint density at radius 1 is 1.43 bits per heavy atom. The molecular formula is C15H18ClN3O2. The Hall–Kier alpha value is -2.01. The van der Waals surface area contributed by atoms with Gasteiger partial charge >= 0.3 is 0 Å². The van der Waals surface area contributed by atoms with Crippen LogP contribution in [0.1, 0.15) is 24.4 Å². The van der Waals surface area contributed by atoms with Gasteiger partial charge in [-0.1, -0.05) is 17.7 Å². The molecule has 0 aliphatic carbocycles. The lowest BCUT2D eigenvalue weighted by Crippen LogP contribution is -2.25. The van der Waals surface area contributed by atoms with E-state index in [9.17, 15) is 4.79 Å². The van der Waals surface area contributed by atoms with Gasteiger partial charge in [-0.15, -0.1) is 0 Å². The molecule has 1 unspecified atom stereocenters. The van der Waals surface area contributed by atoms with Crippen LogP contribution in [0.25, 0.3) is 0 Å². The van der Waals surface area contributed by atoms with Gasteiger partial charge in [-0.3, -0.25) is 9.48 Å². The van der Waals surface area contributed by atoms with E-state index < -0.39 is 6.04 Å². The van der Waals surface area contributed by atoms with Crippen LogP contribution in [0.3, 0.4) is 0 Å². The highest BCUT2D eigenvalue weighted by Gasteiger charge is 2.20. The molecule has 1 heterocycles. The predicted octanol–water partition coefficient (Wildman–Crippen LogP) is 3.36. The fourth-order valence-corrected chi connectivity index (χ4v) is 2.20. The van der Waals surface area contributed by atoms with Crippen LogP contribution in [0.15, 0.2) is 24.3 Å². The number of halogens is 1. The highest BCUT2D eigenvalue weighted by molar-refractivity contribution is 6.31. The maximum atomic E-state index is 12.3. The Bertz CT molecular complexity index is 667. The molecule has 21 heavy (non-hydrogen) atoms. The van der Waals surface area contributed by atoms with E-state index in [0.29, 0.717) is 16.5 Å². The van der Waals surface area contributed by atoms with Crippen LogP contribution in [-0.4, -0.2) is 22.8 Å². The highest BCUT2D eigenvalue weighted by atomic mass is 35.5. The van der Waals surface area contributed by atoms with E-state index in [-0.39, 0.29) is 5.91 Å². The number of carbonyl (C=O) groups is 1. The summed E-state index contributed by atoms with van der Waals surface area (Å²) < 4.78 is 6.77. The largest absolute Gasteiger partial charge is 0.497 e. The minimum absolute atomic E-state index is 0.162. The Morgan fingerprint density at radius 3 is 2.71 bits per heavy atom. The van der Waals surface area contributed by atoms with Crippen molar-refractivity contribution in [3.8, 4) is 5.75 Å². The van der Waals surface area contributed by atoms with Crippen LogP contribution in [0.4, 0.5) is 5.69 Å². The molecule has 0 aliphatic rings. The molecule has 0 aliphatic heterocycles. The number of ether oxygens (including phenoxy) is 1. The van der Waals surface area contributed by atoms with Crippen molar-refractivity contribution in [3.63, 3.8) is 0 Å². The molecule has 5 nitrogen and oxygen atoms in total. The maximum absolute atomic E-state index is 12.3. The molecular weight excluding hydrogens is 290 g/mol. The average Bonchev–Trinajstić information content (AvgIpc) is 2.74. The molecule has 1 amide bonds. The van der Waals surface area contributed by atoms with Gasteiger partial charge < -0.3 is 10.1 Å². The molecule has 0 spiro atoms. The van der Waals surface area contributed by atoms with Gasteiger partial charge in [0.15, 0.2) is 0 Å². The topological polar surface area (TPSA) is 56.1 Å². The van der Waals surface area contributed by atoms with Crippen molar-refractivity contribution in [1.29, 1.82) is 0 Å². The Balaban J connectivity index is 2.17. The Morgan fingerprint density at radius 2 is 2.14 bits per heavy atom. The minimum atomic E-state index is -0.456. The summed E-state index contributed by atoms with van der Waals surface area (Å²) in [5, 5.41) is 7.75. The van der Waals surface area contributed by atoms with Crippen LogP contribution < -0.4 is 10.1 Å². The first kappa shape index (κ1) is 15.4. The second-order valence-electron chi connectivity index (χ2n) is 4.83. The van der Waals surface area contributed by atoms with Crippen molar-refractivity contribution in [2.75, 3.05) is 12.4 Å². The minimum Gasteiger partial charge on any atom is -0.497 e. The predicted molar refractivity (Wildman–Crippen MR) is 83.0 cm³/mol. The first-order valence-corrected chi connectivity index (χ1v) is 6.98. The van der Waals surface area contributed by atoms with Gasteiger partial charge in [-0.25, -0.2) is 0 Å². The fraction of sp³-hybridized carbons (Fsp3) is 0.333. The van der Waals surface area contributed by atoms with Crippen LogP contribution >= 0.6 is 11.6 Å². The van der Waals surface area contributed by atoms with E-state index in [1.165, 1.54) is 0 Å². The first-order chi connectivity index (χ1) is 9.93. The van der Waals surface area contributed by atoms with Crippen LogP contribution in [0.2, 0.25) is 5.02 Å². The standard InChI is InChI=1S/C15H18ClN3O2/c1-9-14(16)10(2)19(18-9)11(3)15(20)17-12-6-5-7-13(8-12)21-4/h5-8,11H,1-4H3,(H,17,20). The van der Waals surface area contributed by atoms with E-state index in [0.717, 1.165) is 11.4 Å². The zero-order chi connectivity index (χ0) is 15.6. The number of aryl methyl sites for hydroxylation is 1. The molecule has 0 saturated heterocycles. The average molecular weight is 308 g/mol. The summed E-state index contributed by atoms with van der Waals surface area (Å²) in [4.78, 5) is 12.3. The number of anilines is 1. The van der Waals surface area contributed by atoms with Gasteiger partial charge in [0.25, 0.3) is 0 Å². The van der Waals surface area contributed by atoms with Crippen molar-refractivity contribution in [1.82, 2.24) is 9.78 Å². The quantitative estimate of drug-likeness (QED) is 0.942. The summed E-state index contributed by atoms with van der Waals surface area (Å²) in [5.74, 6) is 0.528. The zero-order valence-electron chi connectivity index (χ0n) is 12.5. The normalized spacial score (nSPS) is 12.0. The third-order valence-corrected chi connectivity index (χ3v) is 3.87. The second kappa shape index (κ2) is 6.18. The maximum Gasteiger partial charge on any atom is 0.248 e. The number of benzene rings is 1. The lowest BCUT2D eigenvalue weighted by atomic mass is 10.2. The lowest BCUT2D eigenvalue weighted by molar-refractivity contribution is -0.119. The molecule has 6 heteroatoms. The molecule has 1 aromatic carbocycles. The summed E-state index contributed by atoms with van der Waals surface area (Å²) in [6, 6.07) is 6.75. The number of methoxy groups -OCH3 is 1. The van der Waals surface area contributed by atoms with Gasteiger partial charge in [0.1, 0.15) is 11.8 Å². The summed E-state index contributed by atoms with van der Waals surface area (Å²) in [7, 11) is 1.58. The van der Waals surface area contributed by atoms with Gasteiger partial charge in [0.05, 0.1) is 23.5 Å². The van der Waals surface area contributed by atoms with Crippen molar-refractivity contribution >= 4 is 23.2 Å². The van der Waals surface area contributed by atoms with Crippen molar-refractivity contribution in [2.24, 2.45) is 0 Å². The molecule has 1 atom stereocenters. The number of nitrogens with zero attached hydrogens (tertiary/aromatic N) is 2. The third-order valence-electron chi connectivity index (χ3n) is 3.32. The number of aromatic nitrogens is 2.